The van der Waals surface area contributed by atoms with E-state index in [2.05, 4.69) is 17.5 Å². The van der Waals surface area contributed by atoms with E-state index in [9.17, 15) is 9.59 Å². The van der Waals surface area contributed by atoms with Crippen molar-refractivity contribution in [2.24, 2.45) is 35.5 Å². The summed E-state index contributed by atoms with van der Waals surface area (Å²) >= 11 is 5.87. The van der Waals surface area contributed by atoms with Crippen LogP contribution in [-0.4, -0.2) is 23.4 Å². The van der Waals surface area contributed by atoms with E-state index in [1.807, 2.05) is 12.1 Å². The maximum Gasteiger partial charge on any atom is 0.235 e. The Labute approximate surface area is 139 Å². The van der Waals surface area contributed by atoms with Gasteiger partial charge in [0.1, 0.15) is 0 Å². The summed E-state index contributed by atoms with van der Waals surface area (Å²) in [5, 5.41) is 3.83. The van der Waals surface area contributed by atoms with Crippen molar-refractivity contribution >= 4 is 29.1 Å². The van der Waals surface area contributed by atoms with Crippen LogP contribution in [0.25, 0.3) is 0 Å². The van der Waals surface area contributed by atoms with Gasteiger partial charge < -0.3 is 5.32 Å². The molecule has 2 bridgehead atoms. The highest BCUT2D eigenvalue weighted by Gasteiger charge is 2.66. The summed E-state index contributed by atoms with van der Waals surface area (Å²) in [5.74, 6) is 1.64. The van der Waals surface area contributed by atoms with Gasteiger partial charge in [-0.05, 0) is 54.4 Å². The number of carbonyl (C=O) groups is 2. The van der Waals surface area contributed by atoms with Gasteiger partial charge in [0.25, 0.3) is 0 Å². The molecular weight excluding hydrogens is 312 g/mol. The fourth-order valence-corrected chi connectivity index (χ4v) is 5.04. The Kier molecular flexibility index (Phi) is 2.72. The van der Waals surface area contributed by atoms with Crippen molar-refractivity contribution in [3.8, 4) is 0 Å². The Balaban J connectivity index is 1.36. The zero-order chi connectivity index (χ0) is 15.7. The molecular formula is C18H17ClN2O2. The van der Waals surface area contributed by atoms with Crippen LogP contribution in [-0.2, 0) is 9.59 Å². The fraction of sp³-hybridized carbons (Fsp3) is 0.444. The Bertz CT molecular complexity index is 693. The number of amides is 2. The molecule has 1 heterocycles. The van der Waals surface area contributed by atoms with E-state index < -0.39 is 0 Å². The molecule has 3 fully saturated rings. The van der Waals surface area contributed by atoms with Crippen LogP contribution in [0.1, 0.15) is 6.42 Å². The molecule has 1 saturated heterocycles. The minimum Gasteiger partial charge on any atom is -0.367 e. The number of likely N-dealkylation sites (tertiary alicyclic amines) is 1. The van der Waals surface area contributed by atoms with Crippen molar-refractivity contribution in [1.82, 2.24) is 4.90 Å². The molecule has 5 heteroatoms. The van der Waals surface area contributed by atoms with Gasteiger partial charge in [-0.15, -0.1) is 0 Å². The molecule has 0 radical (unpaired) electrons. The van der Waals surface area contributed by atoms with E-state index in [4.69, 9.17) is 11.6 Å². The monoisotopic (exact) mass is 328 g/mol. The Hall–Kier alpha value is -1.81. The van der Waals surface area contributed by atoms with Crippen LogP contribution in [0.15, 0.2) is 36.4 Å². The quantitative estimate of drug-likeness (QED) is 0.685. The number of hydrogen-bond acceptors (Lipinski definition) is 3. The summed E-state index contributed by atoms with van der Waals surface area (Å²) < 4.78 is 0. The topological polar surface area (TPSA) is 49.4 Å². The number of benzene rings is 1. The van der Waals surface area contributed by atoms with Crippen molar-refractivity contribution in [2.75, 3.05) is 12.0 Å². The molecule has 1 N–H and O–H groups in total. The third-order valence-corrected chi connectivity index (χ3v) is 6.29. The number of anilines is 1. The summed E-state index contributed by atoms with van der Waals surface area (Å²) in [4.78, 5) is 27.0. The SMILES string of the molecule is O=C1[C@@H]2[C@H]3C=C[C@@H]([C@@H]4C[C@H]34)[C@@H]2C(=O)N1CNc1ccc(Cl)cc1. The second-order valence-corrected chi connectivity index (χ2v) is 7.54. The van der Waals surface area contributed by atoms with Crippen molar-refractivity contribution in [2.45, 2.75) is 6.42 Å². The van der Waals surface area contributed by atoms with Gasteiger partial charge in [-0.25, -0.2) is 0 Å². The second-order valence-electron chi connectivity index (χ2n) is 7.10. The molecule has 1 aliphatic heterocycles. The van der Waals surface area contributed by atoms with Crippen LogP contribution in [0, 0.1) is 35.5 Å². The van der Waals surface area contributed by atoms with E-state index in [1.54, 1.807) is 12.1 Å². The summed E-state index contributed by atoms with van der Waals surface area (Å²) in [6, 6.07) is 7.27. The molecule has 1 aromatic carbocycles. The standard InChI is InChI=1S/C18H17ClN2O2/c19-9-1-3-10(4-2-9)20-8-21-17(22)15-11-5-6-12(14-7-13(11)14)16(15)18(21)23/h1-6,11-16,20H,7-8H2/t11-,12-,13-,14+,15-,16+/m0/s1. The summed E-state index contributed by atoms with van der Waals surface area (Å²) in [6.45, 7) is 0.237. The number of hydrogen-bond donors (Lipinski definition) is 1. The summed E-state index contributed by atoms with van der Waals surface area (Å²) in [7, 11) is 0. The van der Waals surface area contributed by atoms with Gasteiger partial charge >= 0.3 is 0 Å². The van der Waals surface area contributed by atoms with E-state index in [-0.39, 0.29) is 42.2 Å². The van der Waals surface area contributed by atoms with Gasteiger partial charge in [-0.3, -0.25) is 14.5 Å². The Morgan fingerprint density at radius 3 is 2.13 bits per heavy atom. The molecule has 6 rings (SSSR count). The molecule has 0 aromatic heterocycles. The number of carbonyl (C=O) groups excluding carboxylic acids is 2. The molecule has 0 unspecified atom stereocenters. The maximum atomic E-state index is 12.8. The molecule has 2 saturated carbocycles. The van der Waals surface area contributed by atoms with Gasteiger partial charge in [-0.2, -0.15) is 0 Å². The predicted molar refractivity (Wildman–Crippen MR) is 86.5 cm³/mol. The fourth-order valence-electron chi connectivity index (χ4n) is 4.91. The van der Waals surface area contributed by atoms with Crippen LogP contribution in [0.3, 0.4) is 0 Å². The first-order valence-corrected chi connectivity index (χ1v) is 8.56. The molecule has 1 aromatic rings. The highest BCUT2D eigenvalue weighted by Crippen LogP contribution is 2.65. The molecule has 4 nitrogen and oxygen atoms in total. The van der Waals surface area contributed by atoms with Crippen LogP contribution >= 0.6 is 11.6 Å². The highest BCUT2D eigenvalue weighted by atomic mass is 35.5. The van der Waals surface area contributed by atoms with Crippen molar-refractivity contribution in [3.63, 3.8) is 0 Å². The van der Waals surface area contributed by atoms with E-state index in [0.717, 1.165) is 5.69 Å². The number of nitrogens with zero attached hydrogens (tertiary/aromatic N) is 1. The number of imide groups is 1. The first-order valence-electron chi connectivity index (χ1n) is 8.18. The number of halogens is 1. The molecule has 0 spiro atoms. The van der Waals surface area contributed by atoms with Crippen LogP contribution in [0.4, 0.5) is 5.69 Å². The minimum absolute atomic E-state index is 0.00571. The normalized spacial score (nSPS) is 39.4. The van der Waals surface area contributed by atoms with E-state index in [0.29, 0.717) is 16.9 Å². The maximum absolute atomic E-state index is 12.8. The molecule has 6 atom stereocenters. The smallest absolute Gasteiger partial charge is 0.235 e. The molecule has 118 valence electrons. The first kappa shape index (κ1) is 13.6. The Morgan fingerprint density at radius 2 is 1.57 bits per heavy atom. The molecule has 5 aliphatic rings. The number of nitrogens with one attached hydrogen (secondary N) is 1. The molecule has 2 amide bonds. The van der Waals surface area contributed by atoms with Crippen molar-refractivity contribution < 1.29 is 9.59 Å². The lowest BCUT2D eigenvalue weighted by Crippen LogP contribution is -2.40. The summed E-state index contributed by atoms with van der Waals surface area (Å²) in [5.41, 5.74) is 0.855. The third-order valence-electron chi connectivity index (χ3n) is 6.04. The average Bonchev–Trinajstić information content (AvgIpc) is 3.33. The second kappa shape index (κ2) is 4.60. The lowest BCUT2D eigenvalue weighted by Gasteiger charge is -2.37. The number of rotatable bonds is 3. The number of allylic oxidation sites excluding steroid dienone is 2. The third kappa shape index (κ3) is 1.84. The lowest BCUT2D eigenvalue weighted by atomic mass is 9.63. The summed E-state index contributed by atoms with van der Waals surface area (Å²) in [6.07, 6.45) is 5.58. The van der Waals surface area contributed by atoms with Gasteiger partial charge in [0.05, 0.1) is 18.5 Å². The molecule has 4 aliphatic carbocycles. The van der Waals surface area contributed by atoms with Crippen LogP contribution < -0.4 is 5.32 Å². The van der Waals surface area contributed by atoms with Crippen LogP contribution in [0.2, 0.25) is 5.02 Å². The van der Waals surface area contributed by atoms with Gasteiger partial charge in [0, 0.05) is 10.7 Å². The van der Waals surface area contributed by atoms with Crippen molar-refractivity contribution in [3.05, 3.63) is 41.4 Å². The zero-order valence-electron chi connectivity index (χ0n) is 12.5. The lowest BCUT2D eigenvalue weighted by molar-refractivity contribution is -0.139. The molecule has 23 heavy (non-hydrogen) atoms. The van der Waals surface area contributed by atoms with E-state index >= 15 is 0 Å². The van der Waals surface area contributed by atoms with Crippen LogP contribution in [0.5, 0.6) is 0 Å². The first-order chi connectivity index (χ1) is 11.1. The Morgan fingerprint density at radius 1 is 1.00 bits per heavy atom. The zero-order valence-corrected chi connectivity index (χ0v) is 13.2. The predicted octanol–water partition coefficient (Wildman–Crippen LogP) is 2.76. The van der Waals surface area contributed by atoms with Crippen molar-refractivity contribution in [1.29, 1.82) is 0 Å². The minimum atomic E-state index is -0.117. The largest absolute Gasteiger partial charge is 0.367 e. The average molecular weight is 329 g/mol. The highest BCUT2D eigenvalue weighted by molar-refractivity contribution is 6.30. The van der Waals surface area contributed by atoms with Gasteiger partial charge in [-0.1, -0.05) is 23.8 Å². The van der Waals surface area contributed by atoms with Gasteiger partial charge in [0.2, 0.25) is 11.8 Å². The van der Waals surface area contributed by atoms with E-state index in [1.165, 1.54) is 11.3 Å². The van der Waals surface area contributed by atoms with Gasteiger partial charge in [0.15, 0.2) is 0 Å².